The van der Waals surface area contributed by atoms with Crippen LogP contribution in [0.3, 0.4) is 0 Å². The topological polar surface area (TPSA) is 302 Å². The molecular formula is C27H47N9O9S. The molecule has 0 aromatic carbocycles. The molecule has 0 radical (unpaired) electrons. The lowest BCUT2D eigenvalue weighted by Gasteiger charge is -2.29. The number of thioether (sulfide) groups is 1. The molecule has 0 aromatic rings. The van der Waals surface area contributed by atoms with Crippen molar-refractivity contribution in [2.75, 3.05) is 25.1 Å². The van der Waals surface area contributed by atoms with Crippen LogP contribution in [-0.2, 0) is 33.6 Å². The van der Waals surface area contributed by atoms with Gasteiger partial charge in [0.25, 0.3) is 0 Å². The molecule has 0 unspecified atom stereocenters. The highest BCUT2D eigenvalue weighted by atomic mass is 32.2. The first-order valence-corrected chi connectivity index (χ1v) is 16.2. The number of hydrogen-bond acceptors (Lipinski definition) is 10. The molecule has 1 heterocycles. The number of carbonyl (C=O) groups excluding carboxylic acids is 5. The predicted octanol–water partition coefficient (Wildman–Crippen LogP) is -2.96. The van der Waals surface area contributed by atoms with Crippen LogP contribution in [-0.4, -0.2) is 124 Å². The molecule has 1 fully saturated rings. The van der Waals surface area contributed by atoms with Gasteiger partial charge in [-0.3, -0.25) is 33.8 Å². The van der Waals surface area contributed by atoms with Gasteiger partial charge in [0.15, 0.2) is 5.96 Å². The molecule has 19 heteroatoms. The van der Waals surface area contributed by atoms with Gasteiger partial charge >= 0.3 is 11.9 Å². The van der Waals surface area contributed by atoms with Gasteiger partial charge in [-0.15, -0.1) is 0 Å². The SMILES string of the molecule is CSCC[C@H](NC(=O)[C@H](CCCN=C(N)N)NC(=O)[C@H](C)N)C(=O)N[C@@H](C)C(=O)N1CCC[C@H]1C(=O)N[C@@H](CCC(=O)O)C(=O)O. The van der Waals surface area contributed by atoms with Gasteiger partial charge in [0.05, 0.1) is 6.04 Å². The van der Waals surface area contributed by atoms with Crippen LogP contribution in [0.5, 0.6) is 0 Å². The highest BCUT2D eigenvalue weighted by molar-refractivity contribution is 7.98. The number of nitrogens with one attached hydrogen (secondary N) is 4. The van der Waals surface area contributed by atoms with Crippen LogP contribution in [0.4, 0.5) is 0 Å². The standard InChI is InChI=1S/C27H47N9O9S/c1-14(28)21(39)33-16(6-4-11-31-27(29)30)23(41)34-17(10-13-46-3)22(40)32-15(2)25(43)36-12-5-7-19(36)24(42)35-18(26(44)45)8-9-20(37)38/h14-19H,4-13,28H2,1-3H3,(H,32,40)(H,33,39)(H,34,41)(H,35,42)(H,37,38)(H,44,45)(H4,29,30,31)/t14-,15-,16-,17-,18-,19-/m0/s1. The van der Waals surface area contributed by atoms with Gasteiger partial charge in [-0.25, -0.2) is 4.79 Å². The number of carboxylic acids is 2. The summed E-state index contributed by atoms with van der Waals surface area (Å²) in [6, 6.07) is -6.61. The lowest BCUT2D eigenvalue weighted by molar-refractivity contribution is -0.145. The van der Waals surface area contributed by atoms with Gasteiger partial charge in [0.2, 0.25) is 29.5 Å². The van der Waals surface area contributed by atoms with Gasteiger partial charge in [-0.2, -0.15) is 11.8 Å². The van der Waals surface area contributed by atoms with E-state index in [1.807, 2.05) is 6.26 Å². The lowest BCUT2D eigenvalue weighted by atomic mass is 10.1. The highest BCUT2D eigenvalue weighted by Crippen LogP contribution is 2.19. The molecule has 1 saturated heterocycles. The molecule has 260 valence electrons. The van der Waals surface area contributed by atoms with E-state index in [9.17, 15) is 38.7 Å². The van der Waals surface area contributed by atoms with E-state index in [2.05, 4.69) is 26.3 Å². The van der Waals surface area contributed by atoms with Crippen LogP contribution in [0.15, 0.2) is 4.99 Å². The summed E-state index contributed by atoms with van der Waals surface area (Å²) in [4.78, 5) is 92.6. The summed E-state index contributed by atoms with van der Waals surface area (Å²) in [6.45, 7) is 3.25. The summed E-state index contributed by atoms with van der Waals surface area (Å²) >= 11 is 1.43. The van der Waals surface area contributed by atoms with E-state index >= 15 is 0 Å². The van der Waals surface area contributed by atoms with Crippen molar-refractivity contribution in [2.24, 2.45) is 22.2 Å². The number of nitrogens with zero attached hydrogens (tertiary/aromatic N) is 2. The monoisotopic (exact) mass is 673 g/mol. The average molecular weight is 674 g/mol. The van der Waals surface area contributed by atoms with Crippen LogP contribution in [0.25, 0.3) is 0 Å². The summed E-state index contributed by atoms with van der Waals surface area (Å²) in [5, 5.41) is 28.3. The van der Waals surface area contributed by atoms with E-state index in [0.29, 0.717) is 18.6 Å². The molecule has 0 aromatic heterocycles. The molecule has 46 heavy (non-hydrogen) atoms. The summed E-state index contributed by atoms with van der Waals surface area (Å²) < 4.78 is 0. The smallest absolute Gasteiger partial charge is 0.326 e. The number of carbonyl (C=O) groups is 7. The summed E-state index contributed by atoms with van der Waals surface area (Å²) in [6.07, 6.45) is 2.37. The Labute approximate surface area is 271 Å². The number of amides is 5. The van der Waals surface area contributed by atoms with E-state index in [4.69, 9.17) is 22.3 Å². The molecule has 1 rings (SSSR count). The molecule has 0 saturated carbocycles. The number of rotatable bonds is 20. The predicted molar refractivity (Wildman–Crippen MR) is 169 cm³/mol. The van der Waals surface area contributed by atoms with Crippen LogP contribution in [0.1, 0.15) is 58.8 Å². The van der Waals surface area contributed by atoms with Gasteiger partial charge < -0.3 is 53.6 Å². The third-order valence-electron chi connectivity index (χ3n) is 7.06. The second-order valence-electron chi connectivity index (χ2n) is 10.9. The van der Waals surface area contributed by atoms with Crippen molar-refractivity contribution >= 4 is 59.2 Å². The van der Waals surface area contributed by atoms with Gasteiger partial charge in [-0.1, -0.05) is 0 Å². The first-order valence-electron chi connectivity index (χ1n) is 14.8. The zero-order valence-corrected chi connectivity index (χ0v) is 27.1. The number of aliphatic carboxylic acids is 2. The molecule has 0 aliphatic carbocycles. The van der Waals surface area contributed by atoms with Crippen LogP contribution in [0, 0.1) is 0 Å². The highest BCUT2D eigenvalue weighted by Gasteiger charge is 2.38. The Kier molecular flexibility index (Phi) is 17.4. The zero-order valence-electron chi connectivity index (χ0n) is 26.3. The Morgan fingerprint density at radius 3 is 2.07 bits per heavy atom. The molecule has 1 aliphatic rings. The molecule has 0 bridgehead atoms. The molecule has 6 atom stereocenters. The number of carboxylic acid groups (broad SMARTS) is 2. The minimum absolute atomic E-state index is 0.126. The van der Waals surface area contributed by atoms with E-state index in [-0.39, 0.29) is 44.7 Å². The summed E-state index contributed by atoms with van der Waals surface area (Å²) in [5.74, 6) is -5.51. The average Bonchev–Trinajstić information content (AvgIpc) is 3.47. The molecular weight excluding hydrogens is 626 g/mol. The number of hydrogen-bond donors (Lipinski definition) is 9. The molecule has 5 amide bonds. The van der Waals surface area contributed by atoms with Crippen LogP contribution in [0.2, 0.25) is 0 Å². The largest absolute Gasteiger partial charge is 0.481 e. The summed E-state index contributed by atoms with van der Waals surface area (Å²) in [7, 11) is 0. The van der Waals surface area contributed by atoms with E-state index in [0.717, 1.165) is 0 Å². The number of aliphatic imine (C=N–C) groups is 1. The Morgan fingerprint density at radius 1 is 0.891 bits per heavy atom. The molecule has 1 aliphatic heterocycles. The fourth-order valence-corrected chi connectivity index (χ4v) is 5.04. The second-order valence-corrected chi connectivity index (χ2v) is 11.9. The molecule has 18 nitrogen and oxygen atoms in total. The Hall–Kier alpha value is -4.13. The number of likely N-dealkylation sites (tertiary alicyclic amines) is 1. The van der Waals surface area contributed by atoms with Crippen molar-refractivity contribution in [2.45, 2.75) is 95.0 Å². The van der Waals surface area contributed by atoms with Crippen molar-refractivity contribution in [1.82, 2.24) is 26.2 Å². The van der Waals surface area contributed by atoms with Crippen molar-refractivity contribution in [3.8, 4) is 0 Å². The minimum Gasteiger partial charge on any atom is -0.481 e. The van der Waals surface area contributed by atoms with E-state index in [1.54, 1.807) is 0 Å². The van der Waals surface area contributed by atoms with Gasteiger partial charge in [-0.05, 0) is 64.4 Å². The van der Waals surface area contributed by atoms with Crippen LogP contribution < -0.4 is 38.5 Å². The maximum atomic E-state index is 13.3. The fraction of sp³-hybridized carbons (Fsp3) is 0.704. The maximum Gasteiger partial charge on any atom is 0.326 e. The van der Waals surface area contributed by atoms with Gasteiger partial charge in [0, 0.05) is 19.5 Å². The maximum absolute atomic E-state index is 13.3. The fourth-order valence-electron chi connectivity index (χ4n) is 4.57. The van der Waals surface area contributed by atoms with Crippen molar-refractivity contribution in [3.05, 3.63) is 0 Å². The number of guanidine groups is 1. The summed E-state index contributed by atoms with van der Waals surface area (Å²) in [5.41, 5.74) is 16.3. The van der Waals surface area contributed by atoms with E-state index < -0.39 is 84.1 Å². The molecule has 12 N–H and O–H groups in total. The zero-order chi connectivity index (χ0) is 35.0. The van der Waals surface area contributed by atoms with Crippen molar-refractivity contribution in [1.29, 1.82) is 0 Å². The Morgan fingerprint density at radius 2 is 1.50 bits per heavy atom. The first-order chi connectivity index (χ1) is 21.6. The van der Waals surface area contributed by atoms with Crippen molar-refractivity contribution < 1.29 is 43.8 Å². The number of nitrogens with two attached hydrogens (primary N) is 3. The third kappa shape index (κ3) is 13.9. The van der Waals surface area contributed by atoms with Gasteiger partial charge in [0.1, 0.15) is 30.2 Å². The normalized spacial score (nSPS) is 17.4. The van der Waals surface area contributed by atoms with Crippen LogP contribution >= 0.6 is 11.8 Å². The first kappa shape index (κ1) is 39.9. The Balaban J connectivity index is 2.98. The minimum atomic E-state index is -1.45. The van der Waals surface area contributed by atoms with Crippen molar-refractivity contribution in [3.63, 3.8) is 0 Å². The lowest BCUT2D eigenvalue weighted by Crippen LogP contribution is -2.58. The molecule has 0 spiro atoms. The second kappa shape index (κ2) is 20.1. The van der Waals surface area contributed by atoms with E-state index in [1.165, 1.54) is 30.5 Å². The quantitative estimate of drug-likeness (QED) is 0.0355. The third-order valence-corrected chi connectivity index (χ3v) is 7.71. The Bertz CT molecular complexity index is 1130.